The summed E-state index contributed by atoms with van der Waals surface area (Å²) in [5.74, 6) is 6.71. The van der Waals surface area contributed by atoms with Crippen molar-refractivity contribution < 1.29 is 0 Å². The molecule has 0 radical (unpaired) electrons. The van der Waals surface area contributed by atoms with Crippen LogP contribution in [-0.2, 0) is 13.0 Å². The van der Waals surface area contributed by atoms with Crippen molar-refractivity contribution >= 4 is 0 Å². The van der Waals surface area contributed by atoms with Crippen molar-refractivity contribution in [2.75, 3.05) is 0 Å². The molecule has 0 aliphatic carbocycles. The van der Waals surface area contributed by atoms with Gasteiger partial charge in [-0.1, -0.05) is 0 Å². The van der Waals surface area contributed by atoms with Crippen molar-refractivity contribution in [3.05, 3.63) is 41.2 Å². The zero-order chi connectivity index (χ0) is 13.8. The normalized spacial score (nSPS) is 12.6. The van der Waals surface area contributed by atoms with Crippen LogP contribution in [0.3, 0.4) is 0 Å². The quantitative estimate of drug-likeness (QED) is 0.620. The molecule has 102 valence electrons. The lowest BCUT2D eigenvalue weighted by atomic mass is 10.0. The molecule has 0 spiro atoms. The molecule has 2 aromatic rings. The average molecular weight is 260 g/mol. The van der Waals surface area contributed by atoms with Crippen molar-refractivity contribution in [1.29, 1.82) is 0 Å². The van der Waals surface area contributed by atoms with Gasteiger partial charge in [0.15, 0.2) is 0 Å². The summed E-state index contributed by atoms with van der Waals surface area (Å²) < 4.78 is 2.11. The van der Waals surface area contributed by atoms with Crippen LogP contribution in [0, 0.1) is 13.8 Å². The van der Waals surface area contributed by atoms with Crippen molar-refractivity contribution in [3.63, 3.8) is 0 Å². The Balaban J connectivity index is 2.27. The molecule has 0 aromatic carbocycles. The van der Waals surface area contributed by atoms with Crippen LogP contribution >= 0.6 is 0 Å². The predicted octanol–water partition coefficient (Wildman–Crippen LogP) is 1.06. The minimum Gasteiger partial charge on any atom is -0.335 e. The Labute approximate surface area is 113 Å². The van der Waals surface area contributed by atoms with E-state index in [9.17, 15) is 0 Å². The third kappa shape index (κ3) is 2.97. The molecular weight excluding hydrogens is 240 g/mol. The van der Waals surface area contributed by atoms with Crippen LogP contribution in [0.4, 0.5) is 0 Å². The molecule has 0 amide bonds. The van der Waals surface area contributed by atoms with Gasteiger partial charge in [0.2, 0.25) is 0 Å². The largest absolute Gasteiger partial charge is 0.335 e. The topological polar surface area (TPSA) is 81.7 Å². The highest BCUT2D eigenvalue weighted by Crippen LogP contribution is 2.19. The fourth-order valence-corrected chi connectivity index (χ4v) is 2.18. The number of nitrogens with zero attached hydrogens (tertiary/aromatic N) is 4. The third-order valence-electron chi connectivity index (χ3n) is 3.25. The Bertz CT molecular complexity index is 548. The summed E-state index contributed by atoms with van der Waals surface area (Å²) >= 11 is 0. The minimum atomic E-state index is -0.0121. The van der Waals surface area contributed by atoms with E-state index in [0.29, 0.717) is 0 Å². The molecule has 1 atom stereocenters. The number of hydrazine groups is 1. The van der Waals surface area contributed by atoms with Gasteiger partial charge in [0.25, 0.3) is 0 Å². The van der Waals surface area contributed by atoms with Crippen LogP contribution < -0.4 is 11.3 Å². The Morgan fingerprint density at radius 3 is 2.84 bits per heavy atom. The molecule has 0 aliphatic heterocycles. The molecule has 6 nitrogen and oxygen atoms in total. The predicted molar refractivity (Wildman–Crippen MR) is 73.2 cm³/mol. The molecule has 0 bridgehead atoms. The smallest absolute Gasteiger partial charge is 0.110 e. The minimum absolute atomic E-state index is 0.0121. The molecule has 0 aliphatic rings. The zero-order valence-corrected chi connectivity index (χ0v) is 11.6. The van der Waals surface area contributed by atoms with Gasteiger partial charge in [-0.2, -0.15) is 10.2 Å². The second-order valence-corrected chi connectivity index (χ2v) is 4.58. The van der Waals surface area contributed by atoms with Crippen LogP contribution in [0.15, 0.2) is 18.5 Å². The van der Waals surface area contributed by atoms with Crippen LogP contribution in [0.2, 0.25) is 0 Å². The van der Waals surface area contributed by atoms with Gasteiger partial charge >= 0.3 is 0 Å². The van der Waals surface area contributed by atoms with Gasteiger partial charge in [-0.15, -0.1) is 0 Å². The molecule has 3 N–H and O–H groups in total. The van der Waals surface area contributed by atoms with Gasteiger partial charge in [0, 0.05) is 25.4 Å². The lowest BCUT2D eigenvalue weighted by molar-refractivity contribution is 0.517. The van der Waals surface area contributed by atoms with E-state index in [4.69, 9.17) is 5.84 Å². The average Bonchev–Trinajstić information content (AvgIpc) is 2.86. The molecule has 6 heteroatoms. The van der Waals surface area contributed by atoms with Crippen LogP contribution in [-0.4, -0.2) is 19.7 Å². The van der Waals surface area contributed by atoms with E-state index in [2.05, 4.69) is 32.1 Å². The monoisotopic (exact) mass is 260 g/mol. The number of rotatable bonds is 5. The summed E-state index contributed by atoms with van der Waals surface area (Å²) in [7, 11) is 0. The third-order valence-corrected chi connectivity index (χ3v) is 3.25. The molecule has 0 saturated heterocycles. The van der Waals surface area contributed by atoms with Crippen molar-refractivity contribution in [2.24, 2.45) is 5.84 Å². The molecule has 2 aromatic heterocycles. The number of hydrogen-bond acceptors (Lipinski definition) is 5. The van der Waals surface area contributed by atoms with Gasteiger partial charge in [0.1, 0.15) is 5.82 Å². The molecule has 2 heterocycles. The van der Waals surface area contributed by atoms with Gasteiger partial charge in [-0.3, -0.25) is 11.3 Å². The van der Waals surface area contributed by atoms with Crippen molar-refractivity contribution in [2.45, 2.75) is 39.8 Å². The van der Waals surface area contributed by atoms with Crippen LogP contribution in [0.5, 0.6) is 0 Å². The van der Waals surface area contributed by atoms with Gasteiger partial charge in [-0.25, -0.2) is 4.98 Å². The SMILES string of the molecule is CCn1ccnc1CC(NN)c1cc(C)nnc1C. The molecule has 0 fully saturated rings. The Kier molecular flexibility index (Phi) is 4.24. The van der Waals surface area contributed by atoms with E-state index in [0.717, 1.165) is 35.7 Å². The van der Waals surface area contributed by atoms with E-state index in [1.807, 2.05) is 32.3 Å². The van der Waals surface area contributed by atoms with Crippen molar-refractivity contribution in [3.8, 4) is 0 Å². The first-order valence-electron chi connectivity index (χ1n) is 6.42. The maximum Gasteiger partial charge on any atom is 0.110 e. The highest BCUT2D eigenvalue weighted by molar-refractivity contribution is 5.24. The molecule has 19 heavy (non-hydrogen) atoms. The first-order valence-corrected chi connectivity index (χ1v) is 6.42. The van der Waals surface area contributed by atoms with Crippen LogP contribution in [0.1, 0.15) is 35.7 Å². The van der Waals surface area contributed by atoms with E-state index in [1.54, 1.807) is 0 Å². The summed E-state index contributed by atoms with van der Waals surface area (Å²) in [6.07, 6.45) is 4.52. The van der Waals surface area contributed by atoms with Crippen molar-refractivity contribution in [1.82, 2.24) is 25.2 Å². The van der Waals surface area contributed by atoms with Gasteiger partial charge in [0.05, 0.1) is 17.4 Å². The Morgan fingerprint density at radius 1 is 1.37 bits per heavy atom. The number of imidazole rings is 1. The summed E-state index contributed by atoms with van der Waals surface area (Å²) in [4.78, 5) is 4.38. The summed E-state index contributed by atoms with van der Waals surface area (Å²) in [6.45, 7) is 6.87. The number of nitrogens with one attached hydrogen (secondary N) is 1. The standard InChI is InChI=1S/C13H20N6/c1-4-19-6-5-15-13(19)8-12(16-14)11-7-9(2)17-18-10(11)3/h5-7,12,16H,4,8,14H2,1-3H3. The first kappa shape index (κ1) is 13.6. The summed E-state index contributed by atoms with van der Waals surface area (Å²) in [5.41, 5.74) is 5.71. The number of aromatic nitrogens is 4. The maximum atomic E-state index is 5.70. The van der Waals surface area contributed by atoms with E-state index >= 15 is 0 Å². The number of nitrogens with two attached hydrogens (primary N) is 1. The Morgan fingerprint density at radius 2 is 2.16 bits per heavy atom. The van der Waals surface area contributed by atoms with E-state index in [1.165, 1.54) is 0 Å². The van der Waals surface area contributed by atoms with Gasteiger partial charge in [-0.05, 0) is 32.4 Å². The molecule has 1 unspecified atom stereocenters. The lowest BCUT2D eigenvalue weighted by Gasteiger charge is -2.18. The maximum absolute atomic E-state index is 5.70. The fourth-order valence-electron chi connectivity index (χ4n) is 2.18. The number of aryl methyl sites for hydroxylation is 3. The van der Waals surface area contributed by atoms with E-state index in [-0.39, 0.29) is 6.04 Å². The zero-order valence-electron chi connectivity index (χ0n) is 11.6. The second kappa shape index (κ2) is 5.90. The van der Waals surface area contributed by atoms with Gasteiger partial charge < -0.3 is 4.57 Å². The molecule has 2 rings (SSSR count). The second-order valence-electron chi connectivity index (χ2n) is 4.58. The Hall–Kier alpha value is -1.79. The van der Waals surface area contributed by atoms with Crippen LogP contribution in [0.25, 0.3) is 0 Å². The summed E-state index contributed by atoms with van der Waals surface area (Å²) in [6, 6.07) is 2.01. The fraction of sp³-hybridized carbons (Fsp3) is 0.462. The highest BCUT2D eigenvalue weighted by atomic mass is 15.2. The lowest BCUT2D eigenvalue weighted by Crippen LogP contribution is -2.31. The summed E-state index contributed by atoms with van der Waals surface area (Å²) in [5, 5.41) is 8.19. The first-order chi connectivity index (χ1) is 9.15. The van der Waals surface area contributed by atoms with E-state index < -0.39 is 0 Å². The molecule has 0 saturated carbocycles. The number of hydrogen-bond donors (Lipinski definition) is 2. The highest BCUT2D eigenvalue weighted by Gasteiger charge is 2.17. The molecular formula is C13H20N6.